The molecule has 0 radical (unpaired) electrons. The first-order valence-corrected chi connectivity index (χ1v) is 7.58. The minimum atomic E-state index is -0.529. The van der Waals surface area contributed by atoms with E-state index in [0.717, 1.165) is 4.47 Å². The van der Waals surface area contributed by atoms with Crippen molar-refractivity contribution in [2.24, 2.45) is 0 Å². The molecule has 0 atom stereocenters. The summed E-state index contributed by atoms with van der Waals surface area (Å²) in [6.07, 6.45) is 0.318. The van der Waals surface area contributed by atoms with E-state index in [1.54, 1.807) is 18.2 Å². The smallest absolute Gasteiger partial charge is 0.323 e. The Morgan fingerprint density at radius 3 is 2.68 bits per heavy atom. The Hall–Kier alpha value is -1.63. The van der Waals surface area contributed by atoms with Gasteiger partial charge in [-0.25, -0.2) is 9.18 Å². The molecule has 0 aliphatic rings. The van der Waals surface area contributed by atoms with Crippen LogP contribution in [0.15, 0.2) is 40.9 Å². The Morgan fingerprint density at radius 1 is 1.23 bits per heavy atom. The number of nitrogens with one attached hydrogen (secondary N) is 2. The summed E-state index contributed by atoms with van der Waals surface area (Å²) in [5, 5.41) is 14.6. The molecule has 2 amide bonds. The van der Waals surface area contributed by atoms with Crippen LogP contribution in [-0.4, -0.2) is 17.7 Å². The summed E-state index contributed by atoms with van der Waals surface area (Å²) in [4.78, 5) is 12.0. The van der Waals surface area contributed by atoms with Crippen molar-refractivity contribution in [2.75, 3.05) is 17.2 Å². The molecule has 0 aliphatic heterocycles. The zero-order valence-electron chi connectivity index (χ0n) is 11.4. The third-order valence-electron chi connectivity index (χ3n) is 2.82. The number of amides is 2. The quantitative estimate of drug-likeness (QED) is 0.727. The number of halogens is 3. The van der Waals surface area contributed by atoms with Crippen molar-refractivity contribution in [2.45, 2.75) is 6.42 Å². The van der Waals surface area contributed by atoms with Crippen molar-refractivity contribution in [3.05, 3.63) is 57.3 Å². The van der Waals surface area contributed by atoms with Crippen LogP contribution in [0.1, 0.15) is 5.56 Å². The van der Waals surface area contributed by atoms with Gasteiger partial charge in [-0.3, -0.25) is 0 Å². The lowest BCUT2D eigenvalue weighted by atomic mass is 10.1. The average Bonchev–Trinajstić information content (AvgIpc) is 2.40. The first-order valence-electron chi connectivity index (χ1n) is 6.41. The van der Waals surface area contributed by atoms with Gasteiger partial charge >= 0.3 is 6.03 Å². The number of urea groups is 1. The number of hydrogen-bond acceptors (Lipinski definition) is 2. The van der Waals surface area contributed by atoms with E-state index in [2.05, 4.69) is 26.6 Å². The molecule has 0 aliphatic carbocycles. The number of carbonyl (C=O) groups is 1. The van der Waals surface area contributed by atoms with Gasteiger partial charge in [-0.05, 0) is 42.3 Å². The highest BCUT2D eigenvalue weighted by atomic mass is 79.9. The van der Waals surface area contributed by atoms with E-state index in [1.807, 2.05) is 0 Å². The Bertz CT molecular complexity index is 677. The molecule has 7 heteroatoms. The average molecular weight is 388 g/mol. The Balaban J connectivity index is 2.13. The summed E-state index contributed by atoms with van der Waals surface area (Å²) < 4.78 is 14.0. The van der Waals surface area contributed by atoms with Gasteiger partial charge in [0.2, 0.25) is 0 Å². The predicted octanol–water partition coefficient (Wildman–Crippen LogP) is 4.42. The molecule has 0 saturated heterocycles. The molecule has 0 spiro atoms. The number of aliphatic hydroxyl groups is 1. The van der Waals surface area contributed by atoms with E-state index >= 15 is 0 Å². The first-order chi connectivity index (χ1) is 10.5. The van der Waals surface area contributed by atoms with Crippen molar-refractivity contribution in [1.82, 2.24) is 0 Å². The second kappa shape index (κ2) is 7.58. The fraction of sp³-hybridized carbons (Fsp3) is 0.133. The minimum Gasteiger partial charge on any atom is -0.396 e. The number of anilines is 2. The van der Waals surface area contributed by atoms with E-state index in [-0.39, 0.29) is 6.61 Å². The maximum absolute atomic E-state index is 13.3. The normalized spacial score (nSPS) is 10.4. The van der Waals surface area contributed by atoms with Gasteiger partial charge in [-0.15, -0.1) is 0 Å². The van der Waals surface area contributed by atoms with Crippen LogP contribution < -0.4 is 10.6 Å². The van der Waals surface area contributed by atoms with Crippen LogP contribution >= 0.6 is 27.5 Å². The third-order valence-corrected chi connectivity index (χ3v) is 3.50. The molecule has 4 nitrogen and oxygen atoms in total. The lowest BCUT2D eigenvalue weighted by Crippen LogP contribution is -2.20. The highest BCUT2D eigenvalue weighted by Gasteiger charge is 2.09. The van der Waals surface area contributed by atoms with E-state index in [4.69, 9.17) is 16.7 Å². The van der Waals surface area contributed by atoms with Crippen LogP contribution in [0.4, 0.5) is 20.6 Å². The Morgan fingerprint density at radius 2 is 2.00 bits per heavy atom. The summed E-state index contributed by atoms with van der Waals surface area (Å²) in [7, 11) is 0. The second-order valence-corrected chi connectivity index (χ2v) is 5.86. The van der Waals surface area contributed by atoms with Gasteiger partial charge in [0.25, 0.3) is 0 Å². The largest absolute Gasteiger partial charge is 0.396 e. The summed E-state index contributed by atoms with van der Waals surface area (Å²) in [6.45, 7) is -0.0941. The minimum absolute atomic E-state index is 0.0941. The molecule has 116 valence electrons. The van der Waals surface area contributed by atoms with Gasteiger partial charge in [-0.2, -0.15) is 0 Å². The summed E-state index contributed by atoms with van der Waals surface area (Å²) in [5.41, 5.74) is 1.45. The van der Waals surface area contributed by atoms with Gasteiger partial charge in [-0.1, -0.05) is 33.6 Å². The third kappa shape index (κ3) is 4.69. The van der Waals surface area contributed by atoms with Crippen molar-refractivity contribution in [1.29, 1.82) is 0 Å². The lowest BCUT2D eigenvalue weighted by molar-refractivity contribution is 0.262. The molecule has 0 bridgehead atoms. The molecular formula is C15H13BrClFN2O2. The number of aliphatic hydroxyl groups excluding tert-OH is 1. The van der Waals surface area contributed by atoms with Crippen LogP contribution in [0.2, 0.25) is 5.02 Å². The lowest BCUT2D eigenvalue weighted by Gasteiger charge is -2.12. The SMILES string of the molecule is O=C(Nc1cc(Cl)cc(Br)c1)Nc1cc(F)ccc1CCO. The van der Waals surface area contributed by atoms with E-state index in [0.29, 0.717) is 28.4 Å². The molecule has 0 aromatic heterocycles. The Labute approximate surface area is 140 Å². The monoisotopic (exact) mass is 386 g/mol. The maximum Gasteiger partial charge on any atom is 0.323 e. The molecule has 2 aromatic carbocycles. The fourth-order valence-electron chi connectivity index (χ4n) is 1.91. The van der Waals surface area contributed by atoms with Gasteiger partial charge in [0.05, 0.1) is 0 Å². The number of hydrogen-bond donors (Lipinski definition) is 3. The summed E-state index contributed by atoms with van der Waals surface area (Å²) >= 11 is 9.18. The summed E-state index contributed by atoms with van der Waals surface area (Å²) in [6, 6.07) is 8.45. The molecule has 22 heavy (non-hydrogen) atoms. The molecule has 0 fully saturated rings. The van der Waals surface area contributed by atoms with Gasteiger partial charge in [0.15, 0.2) is 0 Å². The zero-order valence-corrected chi connectivity index (χ0v) is 13.7. The van der Waals surface area contributed by atoms with Gasteiger partial charge in [0, 0.05) is 27.5 Å². The fourth-order valence-corrected chi connectivity index (χ4v) is 2.77. The van der Waals surface area contributed by atoms with E-state index in [1.165, 1.54) is 18.2 Å². The first kappa shape index (κ1) is 16.7. The standard InChI is InChI=1S/C15H13BrClFN2O2/c16-10-5-11(17)7-13(6-10)19-15(22)20-14-8-12(18)2-1-9(14)3-4-21/h1-2,5-8,21H,3-4H2,(H2,19,20,22). The van der Waals surface area contributed by atoms with Crippen molar-refractivity contribution in [3.8, 4) is 0 Å². The molecule has 2 rings (SSSR count). The molecule has 0 saturated carbocycles. The molecule has 3 N–H and O–H groups in total. The zero-order chi connectivity index (χ0) is 16.1. The number of benzene rings is 2. The van der Waals surface area contributed by atoms with E-state index in [9.17, 15) is 9.18 Å². The molecule has 0 heterocycles. The maximum atomic E-state index is 13.3. The van der Waals surface area contributed by atoms with E-state index < -0.39 is 11.8 Å². The molecule has 0 unspecified atom stereocenters. The van der Waals surface area contributed by atoms with Gasteiger partial charge < -0.3 is 15.7 Å². The van der Waals surface area contributed by atoms with Crippen molar-refractivity contribution >= 4 is 44.9 Å². The van der Waals surface area contributed by atoms with Crippen LogP contribution in [-0.2, 0) is 6.42 Å². The van der Waals surface area contributed by atoms with Crippen LogP contribution in [0, 0.1) is 5.82 Å². The number of carbonyl (C=O) groups excluding carboxylic acids is 1. The molecule has 2 aromatic rings. The second-order valence-electron chi connectivity index (χ2n) is 4.51. The highest BCUT2D eigenvalue weighted by molar-refractivity contribution is 9.10. The molecular weight excluding hydrogens is 375 g/mol. The van der Waals surface area contributed by atoms with Crippen molar-refractivity contribution in [3.63, 3.8) is 0 Å². The number of rotatable bonds is 4. The van der Waals surface area contributed by atoms with Crippen molar-refractivity contribution < 1.29 is 14.3 Å². The van der Waals surface area contributed by atoms with Crippen LogP contribution in [0.3, 0.4) is 0 Å². The predicted molar refractivity (Wildman–Crippen MR) is 89.0 cm³/mol. The van der Waals surface area contributed by atoms with Crippen LogP contribution in [0.5, 0.6) is 0 Å². The Kier molecular flexibility index (Phi) is 5.76. The summed E-state index contributed by atoms with van der Waals surface area (Å²) in [5.74, 6) is -0.470. The van der Waals surface area contributed by atoms with Gasteiger partial charge in [0.1, 0.15) is 5.82 Å². The van der Waals surface area contributed by atoms with Crippen LogP contribution in [0.25, 0.3) is 0 Å². The topological polar surface area (TPSA) is 61.4 Å². The highest BCUT2D eigenvalue weighted by Crippen LogP contribution is 2.23.